The van der Waals surface area contributed by atoms with Crippen LogP contribution in [0.2, 0.25) is 0 Å². The molecular formula is C25H21NO5. The highest BCUT2D eigenvalue weighted by Crippen LogP contribution is 2.31. The van der Waals surface area contributed by atoms with Gasteiger partial charge in [0.25, 0.3) is 0 Å². The molecule has 0 aromatic heterocycles. The van der Waals surface area contributed by atoms with Gasteiger partial charge in [0.05, 0.1) is 33.0 Å². The summed E-state index contributed by atoms with van der Waals surface area (Å²) >= 11 is 0. The molecule has 31 heavy (non-hydrogen) atoms. The zero-order valence-electron chi connectivity index (χ0n) is 17.4. The van der Waals surface area contributed by atoms with Crippen LogP contribution in [-0.4, -0.2) is 27.3 Å². The van der Waals surface area contributed by atoms with Crippen LogP contribution in [0.1, 0.15) is 21.5 Å². The molecule has 0 aliphatic heterocycles. The molecule has 0 bridgehead atoms. The van der Waals surface area contributed by atoms with E-state index in [0.717, 1.165) is 0 Å². The Hall–Kier alpha value is -4.24. The van der Waals surface area contributed by atoms with Gasteiger partial charge in [-0.15, -0.1) is 0 Å². The minimum absolute atomic E-state index is 0.328. The molecule has 6 nitrogen and oxygen atoms in total. The molecule has 6 heteroatoms. The lowest BCUT2D eigenvalue weighted by Gasteiger charge is -2.10. The molecule has 3 rings (SSSR count). The van der Waals surface area contributed by atoms with Crippen LogP contribution in [0.15, 0.2) is 66.7 Å². The van der Waals surface area contributed by atoms with Crippen LogP contribution in [0.5, 0.6) is 23.0 Å². The van der Waals surface area contributed by atoms with Crippen LogP contribution < -0.4 is 18.9 Å². The average Bonchev–Trinajstić information content (AvgIpc) is 2.82. The van der Waals surface area contributed by atoms with Crippen molar-refractivity contribution in [3.8, 4) is 29.1 Å². The molecule has 0 aliphatic carbocycles. The Bertz CT molecular complexity index is 1160. The van der Waals surface area contributed by atoms with E-state index in [1.54, 1.807) is 73.8 Å². The number of carbonyl (C=O) groups is 1. The van der Waals surface area contributed by atoms with Crippen molar-refractivity contribution in [1.82, 2.24) is 0 Å². The van der Waals surface area contributed by atoms with Crippen LogP contribution in [0.3, 0.4) is 0 Å². The van der Waals surface area contributed by atoms with Gasteiger partial charge in [-0.1, -0.05) is 24.3 Å². The Labute approximate surface area is 180 Å². The van der Waals surface area contributed by atoms with Crippen molar-refractivity contribution in [2.24, 2.45) is 0 Å². The van der Waals surface area contributed by atoms with Gasteiger partial charge in [-0.25, -0.2) is 4.79 Å². The fraction of sp³-hybridized carbons (Fsp3) is 0.120. The maximum Gasteiger partial charge on any atom is 0.347 e. The summed E-state index contributed by atoms with van der Waals surface area (Å²) in [5.41, 5.74) is 2.14. The summed E-state index contributed by atoms with van der Waals surface area (Å²) in [5.74, 6) is 1.37. The van der Waals surface area contributed by atoms with Gasteiger partial charge in [0, 0.05) is 0 Å². The summed E-state index contributed by atoms with van der Waals surface area (Å²) in [5, 5.41) is 9.66. The van der Waals surface area contributed by atoms with Gasteiger partial charge in [0.15, 0.2) is 11.5 Å². The Morgan fingerprint density at radius 1 is 0.839 bits per heavy atom. The van der Waals surface area contributed by atoms with Crippen molar-refractivity contribution in [2.45, 2.75) is 0 Å². The number of rotatable bonds is 7. The topological polar surface area (TPSA) is 77.8 Å². The molecule has 0 radical (unpaired) electrons. The number of hydrogen-bond acceptors (Lipinski definition) is 6. The fourth-order valence-electron chi connectivity index (χ4n) is 2.99. The van der Waals surface area contributed by atoms with E-state index in [0.29, 0.717) is 45.3 Å². The number of hydrogen-bond donors (Lipinski definition) is 0. The van der Waals surface area contributed by atoms with Crippen molar-refractivity contribution in [3.05, 3.63) is 83.4 Å². The quantitative estimate of drug-likeness (QED) is 0.234. The molecule has 0 heterocycles. The lowest BCUT2D eigenvalue weighted by Crippen LogP contribution is -2.10. The van der Waals surface area contributed by atoms with Crippen LogP contribution in [0, 0.1) is 11.3 Å². The second kappa shape index (κ2) is 9.99. The smallest absolute Gasteiger partial charge is 0.347 e. The van der Waals surface area contributed by atoms with Gasteiger partial charge in [0.1, 0.15) is 17.1 Å². The second-order valence-corrected chi connectivity index (χ2v) is 6.40. The van der Waals surface area contributed by atoms with Crippen LogP contribution in [0.4, 0.5) is 0 Å². The van der Waals surface area contributed by atoms with Crippen LogP contribution in [-0.2, 0) is 0 Å². The average molecular weight is 415 g/mol. The predicted octanol–water partition coefficient (Wildman–Crippen LogP) is 5.00. The lowest BCUT2D eigenvalue weighted by molar-refractivity contribution is 0.0731. The molecule has 0 saturated heterocycles. The Balaban J connectivity index is 1.87. The molecule has 0 N–H and O–H groups in total. The van der Waals surface area contributed by atoms with Crippen molar-refractivity contribution >= 4 is 17.6 Å². The van der Waals surface area contributed by atoms with Crippen molar-refractivity contribution in [1.29, 1.82) is 5.26 Å². The van der Waals surface area contributed by atoms with Gasteiger partial charge in [-0.2, -0.15) is 5.26 Å². The van der Waals surface area contributed by atoms with E-state index in [9.17, 15) is 10.1 Å². The third kappa shape index (κ3) is 5.03. The zero-order chi connectivity index (χ0) is 22.2. The number of methoxy groups -OCH3 is 3. The minimum Gasteiger partial charge on any atom is -0.496 e. The molecule has 0 aliphatic rings. The third-order valence-corrected chi connectivity index (χ3v) is 4.52. The van der Waals surface area contributed by atoms with Crippen LogP contribution >= 0.6 is 0 Å². The first-order valence-corrected chi connectivity index (χ1v) is 9.39. The van der Waals surface area contributed by atoms with Gasteiger partial charge >= 0.3 is 5.97 Å². The molecule has 156 valence electrons. The molecule has 0 amide bonds. The van der Waals surface area contributed by atoms with E-state index < -0.39 is 5.97 Å². The SMILES string of the molecule is COc1ccc(/C(C#N)=C\c2cccc(OC(=O)c3ccccc3OC)c2)cc1OC. The molecule has 0 atom stereocenters. The first-order valence-electron chi connectivity index (χ1n) is 9.39. The number of carbonyl (C=O) groups excluding carboxylic acids is 1. The molecule has 3 aromatic rings. The Kier molecular flexibility index (Phi) is 6.92. The summed E-state index contributed by atoms with van der Waals surface area (Å²) in [6.07, 6.45) is 1.71. The van der Waals surface area contributed by atoms with Crippen molar-refractivity contribution in [3.63, 3.8) is 0 Å². The number of nitrogens with zero attached hydrogens (tertiary/aromatic N) is 1. The number of nitriles is 1. The largest absolute Gasteiger partial charge is 0.496 e. The van der Waals surface area contributed by atoms with Gasteiger partial charge < -0.3 is 18.9 Å². The van der Waals surface area contributed by atoms with E-state index in [1.165, 1.54) is 14.2 Å². The molecular weight excluding hydrogens is 394 g/mol. The standard InChI is InChI=1S/C25H21NO5/c1-28-22-10-5-4-9-21(22)25(27)31-20-8-6-7-17(14-20)13-19(16-26)18-11-12-23(29-2)24(15-18)30-3/h4-15H,1-3H3/b19-13-. The molecule has 3 aromatic carbocycles. The van der Waals surface area contributed by atoms with E-state index >= 15 is 0 Å². The first-order chi connectivity index (χ1) is 15.1. The van der Waals surface area contributed by atoms with E-state index in [4.69, 9.17) is 18.9 Å². The Morgan fingerprint density at radius 2 is 1.58 bits per heavy atom. The third-order valence-electron chi connectivity index (χ3n) is 4.52. The fourth-order valence-corrected chi connectivity index (χ4v) is 2.99. The maximum absolute atomic E-state index is 12.5. The van der Waals surface area contributed by atoms with E-state index in [2.05, 4.69) is 6.07 Å². The number of esters is 1. The maximum atomic E-state index is 12.5. The first kappa shape index (κ1) is 21.5. The van der Waals surface area contributed by atoms with Gasteiger partial charge in [-0.05, 0) is 59.7 Å². The molecule has 0 fully saturated rings. The summed E-state index contributed by atoms with van der Waals surface area (Å²) in [6, 6.07) is 21.2. The monoisotopic (exact) mass is 415 g/mol. The molecule has 0 unspecified atom stereocenters. The highest BCUT2D eigenvalue weighted by molar-refractivity contribution is 5.94. The molecule has 0 saturated carbocycles. The second-order valence-electron chi connectivity index (χ2n) is 6.40. The summed E-state index contributed by atoms with van der Waals surface area (Å²) < 4.78 is 21.3. The minimum atomic E-state index is -0.529. The van der Waals surface area contributed by atoms with E-state index in [-0.39, 0.29) is 0 Å². The van der Waals surface area contributed by atoms with Crippen molar-refractivity contribution in [2.75, 3.05) is 21.3 Å². The highest BCUT2D eigenvalue weighted by Gasteiger charge is 2.14. The summed E-state index contributed by atoms with van der Waals surface area (Å²) in [7, 11) is 4.59. The highest BCUT2D eigenvalue weighted by atomic mass is 16.5. The number of para-hydroxylation sites is 1. The van der Waals surface area contributed by atoms with Gasteiger partial charge in [-0.3, -0.25) is 0 Å². The summed E-state index contributed by atoms with van der Waals surface area (Å²) in [4.78, 5) is 12.5. The Morgan fingerprint density at radius 3 is 2.29 bits per heavy atom. The van der Waals surface area contributed by atoms with E-state index in [1.807, 2.05) is 6.07 Å². The number of ether oxygens (including phenoxy) is 4. The van der Waals surface area contributed by atoms with Crippen molar-refractivity contribution < 1.29 is 23.7 Å². The molecule has 0 spiro atoms. The number of allylic oxidation sites excluding steroid dienone is 1. The number of benzene rings is 3. The van der Waals surface area contributed by atoms with Gasteiger partial charge in [0.2, 0.25) is 0 Å². The van der Waals surface area contributed by atoms with Crippen LogP contribution in [0.25, 0.3) is 11.6 Å². The lowest BCUT2D eigenvalue weighted by atomic mass is 10.0. The predicted molar refractivity (Wildman–Crippen MR) is 117 cm³/mol. The summed E-state index contributed by atoms with van der Waals surface area (Å²) in [6.45, 7) is 0. The normalized spacial score (nSPS) is 10.7. The zero-order valence-corrected chi connectivity index (χ0v) is 17.4.